The molecule has 1 aromatic carbocycles. The lowest BCUT2D eigenvalue weighted by Gasteiger charge is -2.05. The van der Waals surface area contributed by atoms with Crippen LogP contribution >= 0.6 is 11.6 Å². The first-order valence-corrected chi connectivity index (χ1v) is 4.37. The number of anilines is 1. The molecule has 1 aliphatic rings. The van der Waals surface area contributed by atoms with Crippen LogP contribution in [0.4, 0.5) is 5.69 Å². The molecule has 0 unspecified atom stereocenters. The largest absolute Gasteiger partial charge is 0.424 e. The molecule has 3 nitrogen and oxygen atoms in total. The average Bonchev–Trinajstić information content (AvgIpc) is 2.25. The summed E-state index contributed by atoms with van der Waals surface area (Å²) in [5, 5.41) is 3.64. The van der Waals surface area contributed by atoms with Gasteiger partial charge in [0.25, 0.3) is 0 Å². The molecule has 1 N–H and O–H groups in total. The Bertz CT molecular complexity index is 351. The van der Waals surface area contributed by atoms with Crippen LogP contribution in [0, 0.1) is 0 Å². The van der Waals surface area contributed by atoms with Gasteiger partial charge in [-0.3, -0.25) is 4.79 Å². The molecule has 4 heteroatoms. The fourth-order valence-electron chi connectivity index (χ4n) is 1.20. The number of esters is 1. The van der Waals surface area contributed by atoms with Crippen molar-refractivity contribution >= 4 is 23.3 Å². The zero-order valence-electron chi connectivity index (χ0n) is 6.84. The number of hydrogen-bond acceptors (Lipinski definition) is 3. The number of nitrogens with one attached hydrogen (secondary N) is 1. The molecule has 13 heavy (non-hydrogen) atoms. The zero-order valence-corrected chi connectivity index (χ0v) is 7.60. The van der Waals surface area contributed by atoms with E-state index < -0.39 is 0 Å². The Labute approximate surface area is 80.6 Å². The van der Waals surface area contributed by atoms with E-state index in [1.54, 1.807) is 18.2 Å². The molecule has 0 bridgehead atoms. The molecule has 0 saturated carbocycles. The molecular weight excluding hydrogens is 190 g/mol. The summed E-state index contributed by atoms with van der Waals surface area (Å²) in [5.41, 5.74) is 0.815. The van der Waals surface area contributed by atoms with Crippen molar-refractivity contribution in [1.82, 2.24) is 0 Å². The number of ether oxygens (including phenoxy) is 1. The van der Waals surface area contributed by atoms with Crippen LogP contribution in [-0.4, -0.2) is 12.5 Å². The summed E-state index contributed by atoms with van der Waals surface area (Å²) in [4.78, 5) is 11.1. The Hall–Kier alpha value is -1.22. The molecule has 68 valence electrons. The topological polar surface area (TPSA) is 38.3 Å². The second kappa shape index (κ2) is 3.26. The van der Waals surface area contributed by atoms with Gasteiger partial charge in [-0.25, -0.2) is 0 Å². The van der Waals surface area contributed by atoms with Gasteiger partial charge in [0.15, 0.2) is 5.75 Å². The minimum atomic E-state index is -0.228. The lowest BCUT2D eigenvalue weighted by Crippen LogP contribution is -2.08. The third-order valence-corrected chi connectivity index (χ3v) is 2.05. The van der Waals surface area contributed by atoms with Crippen LogP contribution < -0.4 is 10.1 Å². The van der Waals surface area contributed by atoms with E-state index >= 15 is 0 Å². The van der Waals surface area contributed by atoms with Crippen molar-refractivity contribution in [3.8, 4) is 5.75 Å². The Kier molecular flexibility index (Phi) is 2.10. The van der Waals surface area contributed by atoms with E-state index in [4.69, 9.17) is 16.3 Å². The summed E-state index contributed by atoms with van der Waals surface area (Å²) < 4.78 is 5.05. The minimum Gasteiger partial charge on any atom is -0.424 e. The molecule has 0 radical (unpaired) electrons. The van der Waals surface area contributed by atoms with Gasteiger partial charge in [-0.1, -0.05) is 11.6 Å². The molecule has 0 amide bonds. The van der Waals surface area contributed by atoms with Gasteiger partial charge < -0.3 is 10.1 Å². The van der Waals surface area contributed by atoms with Gasteiger partial charge in [-0.05, 0) is 12.1 Å². The van der Waals surface area contributed by atoms with Crippen LogP contribution in [0.5, 0.6) is 5.75 Å². The van der Waals surface area contributed by atoms with Crippen molar-refractivity contribution in [2.75, 3.05) is 11.9 Å². The Balaban J connectivity index is 2.40. The van der Waals surface area contributed by atoms with E-state index in [9.17, 15) is 4.79 Å². The highest BCUT2D eigenvalue weighted by atomic mass is 35.5. The van der Waals surface area contributed by atoms with E-state index in [0.717, 1.165) is 5.69 Å². The highest BCUT2D eigenvalue weighted by Crippen LogP contribution is 2.29. The van der Waals surface area contributed by atoms with Gasteiger partial charge in [0.1, 0.15) is 0 Å². The highest BCUT2D eigenvalue weighted by molar-refractivity contribution is 6.30. The summed E-state index contributed by atoms with van der Waals surface area (Å²) in [6.45, 7) is 0.605. The van der Waals surface area contributed by atoms with E-state index in [1.165, 1.54) is 0 Å². The molecule has 0 aliphatic carbocycles. The Morgan fingerprint density at radius 1 is 1.46 bits per heavy atom. The second-order valence-electron chi connectivity index (χ2n) is 2.79. The third kappa shape index (κ3) is 1.75. The fourth-order valence-corrected chi connectivity index (χ4v) is 1.36. The van der Waals surface area contributed by atoms with E-state index in [-0.39, 0.29) is 5.97 Å². The van der Waals surface area contributed by atoms with Gasteiger partial charge in [0, 0.05) is 17.6 Å². The van der Waals surface area contributed by atoms with Crippen LogP contribution in [0.25, 0.3) is 0 Å². The van der Waals surface area contributed by atoms with Crippen molar-refractivity contribution in [2.24, 2.45) is 0 Å². The predicted octanol–water partition coefficient (Wildman–Crippen LogP) is 2.06. The molecule has 0 fully saturated rings. The van der Waals surface area contributed by atoms with Crippen molar-refractivity contribution < 1.29 is 9.53 Å². The third-order valence-electron chi connectivity index (χ3n) is 1.81. The summed E-state index contributed by atoms with van der Waals surface area (Å²) >= 11 is 5.76. The van der Waals surface area contributed by atoms with Crippen molar-refractivity contribution in [3.63, 3.8) is 0 Å². The van der Waals surface area contributed by atoms with Crippen molar-refractivity contribution in [1.29, 1.82) is 0 Å². The van der Waals surface area contributed by atoms with Crippen LogP contribution in [-0.2, 0) is 4.79 Å². The number of fused-ring (bicyclic) bond motifs is 1. The minimum absolute atomic E-state index is 0.228. The van der Waals surface area contributed by atoms with Crippen LogP contribution in [0.2, 0.25) is 5.02 Å². The molecule has 2 rings (SSSR count). The second-order valence-corrected chi connectivity index (χ2v) is 3.23. The average molecular weight is 198 g/mol. The number of carbonyl (C=O) groups excluding carboxylic acids is 1. The van der Waals surface area contributed by atoms with Crippen molar-refractivity contribution in [2.45, 2.75) is 6.42 Å². The first-order chi connectivity index (χ1) is 6.25. The van der Waals surface area contributed by atoms with Crippen LogP contribution in [0.1, 0.15) is 6.42 Å². The van der Waals surface area contributed by atoms with Crippen molar-refractivity contribution in [3.05, 3.63) is 23.2 Å². The zero-order chi connectivity index (χ0) is 9.26. The van der Waals surface area contributed by atoms with Crippen LogP contribution in [0.15, 0.2) is 18.2 Å². The summed E-state index contributed by atoms with van der Waals surface area (Å²) in [5.74, 6) is 0.281. The van der Waals surface area contributed by atoms with Crippen LogP contribution in [0.3, 0.4) is 0 Å². The molecular formula is C9H8ClNO2. The number of benzene rings is 1. The first-order valence-electron chi connectivity index (χ1n) is 4.00. The number of rotatable bonds is 0. The monoisotopic (exact) mass is 197 g/mol. The number of halogens is 1. The maximum atomic E-state index is 11.1. The Morgan fingerprint density at radius 2 is 2.31 bits per heavy atom. The quantitative estimate of drug-likeness (QED) is 0.511. The highest BCUT2D eigenvalue weighted by Gasteiger charge is 2.13. The maximum Gasteiger partial charge on any atom is 0.313 e. The summed E-state index contributed by atoms with van der Waals surface area (Å²) in [7, 11) is 0. The molecule has 0 saturated heterocycles. The molecule has 1 heterocycles. The molecule has 1 aromatic rings. The van der Waals surface area contributed by atoms with Gasteiger partial charge in [-0.2, -0.15) is 0 Å². The standard InChI is InChI=1S/C9H8ClNO2/c10-6-1-2-7-8(5-6)13-9(12)3-4-11-7/h1-2,5,11H,3-4H2. The van der Waals surface area contributed by atoms with E-state index in [1.807, 2.05) is 0 Å². The van der Waals surface area contributed by atoms with E-state index in [2.05, 4.69) is 5.32 Å². The SMILES string of the molecule is O=C1CCNc2ccc(Cl)cc2O1. The summed E-state index contributed by atoms with van der Waals surface area (Å²) in [6, 6.07) is 5.19. The first kappa shape index (κ1) is 8.38. The van der Waals surface area contributed by atoms with E-state index in [0.29, 0.717) is 23.7 Å². The number of hydrogen-bond donors (Lipinski definition) is 1. The van der Waals surface area contributed by atoms with Gasteiger partial charge in [0.05, 0.1) is 12.1 Å². The maximum absolute atomic E-state index is 11.1. The molecule has 0 atom stereocenters. The Morgan fingerprint density at radius 3 is 3.15 bits per heavy atom. The smallest absolute Gasteiger partial charge is 0.313 e. The molecule has 0 spiro atoms. The molecule has 0 aromatic heterocycles. The summed E-state index contributed by atoms with van der Waals surface area (Å²) in [6.07, 6.45) is 0.381. The van der Waals surface area contributed by atoms with Gasteiger partial charge >= 0.3 is 5.97 Å². The fraction of sp³-hybridized carbons (Fsp3) is 0.222. The molecule has 1 aliphatic heterocycles. The predicted molar refractivity (Wildman–Crippen MR) is 50.2 cm³/mol. The number of carbonyl (C=O) groups is 1. The van der Waals surface area contributed by atoms with Gasteiger partial charge in [-0.15, -0.1) is 0 Å². The lowest BCUT2D eigenvalue weighted by atomic mass is 10.3. The normalized spacial score (nSPS) is 15.3. The lowest BCUT2D eigenvalue weighted by molar-refractivity contribution is -0.133. The van der Waals surface area contributed by atoms with Gasteiger partial charge in [0.2, 0.25) is 0 Å².